The van der Waals surface area contributed by atoms with Crippen molar-refractivity contribution in [3.05, 3.63) is 225 Å². The number of amides is 2. The number of hydrogen-bond acceptors (Lipinski definition) is 26. The molecular formula is C80H94Cl2F12N22O14S4. The maximum Gasteiger partial charge on any atom is 0.516 e. The Morgan fingerprint density at radius 3 is 0.925 bits per heavy atom. The number of anilines is 4. The number of hydrogen-bond donors (Lipinski definition) is 5. The number of methoxy groups -OCH3 is 2. The van der Waals surface area contributed by atoms with Gasteiger partial charge in [-0.1, -0.05) is 76.7 Å². The number of hydrazone groups is 4. The van der Waals surface area contributed by atoms with E-state index >= 15 is 0 Å². The normalized spacial score (nSPS) is 14.4. The van der Waals surface area contributed by atoms with Crippen LogP contribution in [0.5, 0.6) is 0 Å². The Labute approximate surface area is 774 Å². The van der Waals surface area contributed by atoms with Crippen molar-refractivity contribution in [1.82, 2.24) is 56.0 Å². The number of aromatic carboxylic acids is 1. The van der Waals surface area contributed by atoms with Gasteiger partial charge in [-0.2, -0.15) is 96.6 Å². The number of amidine groups is 2. The fourth-order valence-corrected chi connectivity index (χ4v) is 16.2. The third-order valence-electron chi connectivity index (χ3n) is 19.8. The number of alkyl halides is 12. The summed E-state index contributed by atoms with van der Waals surface area (Å²) < 4.78 is 259. The number of aromatic nitrogens is 6. The number of carboxylic acid groups (broad SMARTS) is 1. The quantitative estimate of drug-likeness (QED) is 0.0442. The third-order valence-corrected chi connectivity index (χ3v) is 25.8. The number of sulfonamides is 4. The van der Waals surface area contributed by atoms with E-state index in [0.717, 1.165) is 53.2 Å². The predicted molar refractivity (Wildman–Crippen MR) is 482 cm³/mol. The van der Waals surface area contributed by atoms with Crippen molar-refractivity contribution in [3.63, 3.8) is 0 Å². The van der Waals surface area contributed by atoms with Crippen molar-refractivity contribution < 1.29 is 115 Å². The van der Waals surface area contributed by atoms with E-state index < -0.39 is 93.2 Å². The first-order valence-corrected chi connectivity index (χ1v) is 45.1. The molecule has 0 atom stereocenters. The number of nitrogens with one attached hydrogen (secondary N) is 2. The van der Waals surface area contributed by atoms with Crippen LogP contribution in [0.15, 0.2) is 172 Å². The van der Waals surface area contributed by atoms with Crippen molar-refractivity contribution in [2.45, 2.75) is 116 Å². The lowest BCUT2D eigenvalue weighted by Gasteiger charge is -2.32. The number of halogens is 14. The zero-order valence-electron chi connectivity index (χ0n) is 71.6. The number of carbonyl (C=O) groups excluding carboxylic acids is 2. The summed E-state index contributed by atoms with van der Waals surface area (Å²) in [5.41, 5.74) is 3.54. The second-order valence-electron chi connectivity index (χ2n) is 28.6. The first-order valence-electron chi connectivity index (χ1n) is 39.3. The van der Waals surface area contributed by atoms with E-state index in [0.29, 0.717) is 113 Å². The summed E-state index contributed by atoms with van der Waals surface area (Å²) in [5.74, 6) is -1.45. The molecule has 134 heavy (non-hydrogen) atoms. The monoisotopic (exact) mass is 2010 g/mol. The van der Waals surface area contributed by atoms with Crippen molar-refractivity contribution in [2.75, 3.05) is 86.6 Å². The minimum absolute atomic E-state index is 0. The highest BCUT2D eigenvalue weighted by Crippen LogP contribution is 2.35. The largest absolute Gasteiger partial charge is 0.516 e. The molecule has 0 unspecified atom stereocenters. The number of fused-ring (bicyclic) bond motifs is 3. The molecule has 0 radical (unpaired) electrons. The van der Waals surface area contributed by atoms with Crippen molar-refractivity contribution in [1.29, 1.82) is 0 Å². The minimum Gasteiger partial charge on any atom is -0.477 e. The van der Waals surface area contributed by atoms with E-state index in [9.17, 15) is 101 Å². The molecule has 0 spiro atoms. The van der Waals surface area contributed by atoms with Crippen LogP contribution < -0.4 is 42.1 Å². The molecular weight excluding hydrogens is 1920 g/mol. The molecule has 7 N–H and O–H groups in total. The van der Waals surface area contributed by atoms with Gasteiger partial charge in [0.2, 0.25) is 0 Å². The SMILES string of the molecule is C.CCc1nc2cc(C)ccn2c1C(=O)NCc1ccc(N2CCN(S(=O)(=O)C(F)(F)F)C(OC)=N2)cc1.CCc1nc2cc(C)ccn2c1C(=O)NCc1ccc(N2CCN(S(=O)(=O)C(F)(F)F)C=N2)cc1.CCc1nc2cc(C)ccn2c1C(=O)O.COC1=NN(c2ccc(CN)cc2)CCN1S(=O)(=O)C(F)(F)F.Cl.Cl.NCc1ccc(N2CCN(S(=O)(=O)C(F)(F)F)C=N2)cc1. The Kier molecular flexibility index (Phi) is 36.1. The molecule has 10 heterocycles. The average Bonchev–Trinajstić information content (AvgIpc) is 0.903. The standard InChI is InChI=1S/C23H25F3N6O4S.C22H23F3N6O3S.C12H15F3N4O3S.C11H13F3N4O2S.C11H12N2O2.CH4.2ClH/c1-4-18-20(30-10-9-15(2)13-19(30)28-18)21(33)27-14-16-5-7-17(8-6-16)31-11-12-32(22(29-31)36-3)37(34,35)23(24,25)26;1-3-18-20(30-9-8-15(2)12-19(30)28-18)21(32)26-13-16-4-6-17(7-5-16)31-11-10-29(14-27-31)35(33,34)22(23,24)25;1-22-11-17-18(10-4-2-9(8-16)3-5-10)6-7-19(11)23(20,21)12(13,14)15;12-11(13,14)21(19,20)17-5-6-18(16-8-17)10-3-1-9(7-15)2-4-10;1-3-8-10(11(14)15)13-5-4-7(2)6-9(13)12-8;;;/h5-10,13H,4,11-12,14H2,1-3H3,(H,27,33);4-9,12,14H,3,10-11,13H2,1-2H3,(H,26,32);2-5H,6-8,16H2,1H3;1-4,8H,5-7,15H2;4-6H,3H2,1-2H3,(H,14,15);1H4;2*1H. The van der Waals surface area contributed by atoms with Crippen LogP contribution in [0.2, 0.25) is 0 Å². The van der Waals surface area contributed by atoms with Crippen LogP contribution in [0.1, 0.15) is 116 Å². The van der Waals surface area contributed by atoms with Gasteiger partial charge in [-0.05, 0) is 164 Å². The highest BCUT2D eigenvalue weighted by molar-refractivity contribution is 7.91. The Morgan fingerprint density at radius 1 is 0.403 bits per heavy atom. The lowest BCUT2D eigenvalue weighted by molar-refractivity contribution is -0.0482. The van der Waals surface area contributed by atoms with E-state index in [2.05, 4.69) is 46.0 Å². The number of imidazole rings is 3. The van der Waals surface area contributed by atoms with Gasteiger partial charge in [0.15, 0.2) is 5.69 Å². The summed E-state index contributed by atoms with van der Waals surface area (Å²) in [6.45, 7) is 11.0. The molecule has 14 rings (SSSR count). The van der Waals surface area contributed by atoms with Crippen molar-refractivity contribution in [3.8, 4) is 0 Å². The summed E-state index contributed by atoms with van der Waals surface area (Å²) in [6, 6.07) is 37.6. The molecule has 4 aliphatic rings. The third kappa shape index (κ3) is 24.7. The minimum atomic E-state index is -5.62. The maximum absolute atomic E-state index is 13.0. The average molecular weight is 2010 g/mol. The molecule has 0 saturated heterocycles. The Hall–Kier alpha value is -12.5. The number of ether oxygens (including phenoxy) is 2. The van der Waals surface area contributed by atoms with Gasteiger partial charge in [0.1, 0.15) is 41.0 Å². The molecule has 0 fully saturated rings. The van der Waals surface area contributed by atoms with Crippen LogP contribution in [-0.4, -0.2) is 215 Å². The van der Waals surface area contributed by atoms with Gasteiger partial charge in [0.25, 0.3) is 11.8 Å². The summed E-state index contributed by atoms with van der Waals surface area (Å²) in [5, 5.41) is 35.7. The number of nitrogens with two attached hydrogens (primary N) is 2. The fourth-order valence-electron chi connectivity index (χ4n) is 12.9. The van der Waals surface area contributed by atoms with Gasteiger partial charge in [-0.15, -0.1) is 35.0 Å². The zero-order valence-corrected chi connectivity index (χ0v) is 76.5. The molecule has 0 aliphatic carbocycles. The highest BCUT2D eigenvalue weighted by Gasteiger charge is 2.55. The molecule has 10 aromatic rings. The molecule has 730 valence electrons. The van der Waals surface area contributed by atoms with Gasteiger partial charge < -0.3 is 36.7 Å². The Balaban J connectivity index is 0.000000235. The number of rotatable bonds is 20. The van der Waals surface area contributed by atoms with Gasteiger partial charge in [0.05, 0.1) is 106 Å². The lowest BCUT2D eigenvalue weighted by atomic mass is 10.2. The van der Waals surface area contributed by atoms with E-state index in [-0.39, 0.29) is 119 Å². The molecule has 0 saturated carbocycles. The van der Waals surface area contributed by atoms with Crippen LogP contribution in [-0.2, 0) is 95.0 Å². The second-order valence-corrected chi connectivity index (χ2v) is 36.1. The predicted octanol–water partition coefficient (Wildman–Crippen LogP) is 11.6. The molecule has 36 nitrogen and oxygen atoms in total. The van der Waals surface area contributed by atoms with Gasteiger partial charge in [-0.3, -0.25) is 42.8 Å². The number of carbonyl (C=O) groups is 3. The number of nitrogens with zero attached hydrogens (tertiary/aromatic N) is 18. The first-order chi connectivity index (χ1) is 61.5. The van der Waals surface area contributed by atoms with Gasteiger partial charge in [-0.25, -0.2) is 37.0 Å². The molecule has 4 aromatic carbocycles. The lowest BCUT2D eigenvalue weighted by Crippen LogP contribution is -2.51. The second kappa shape index (κ2) is 44.6. The summed E-state index contributed by atoms with van der Waals surface area (Å²) >= 11 is 0. The summed E-state index contributed by atoms with van der Waals surface area (Å²) in [4.78, 5) is 50.4. The van der Waals surface area contributed by atoms with E-state index in [1.54, 1.807) is 116 Å². The van der Waals surface area contributed by atoms with Gasteiger partial charge >= 0.3 is 80.1 Å². The van der Waals surface area contributed by atoms with Crippen molar-refractivity contribution in [2.24, 2.45) is 31.9 Å². The highest BCUT2D eigenvalue weighted by atomic mass is 35.5. The van der Waals surface area contributed by atoms with Crippen molar-refractivity contribution >= 4 is 147 Å². The molecule has 2 amide bonds. The zero-order chi connectivity index (χ0) is 96.3. The van der Waals surface area contributed by atoms with E-state index in [1.165, 1.54) is 20.0 Å². The van der Waals surface area contributed by atoms with Crippen LogP contribution in [0.25, 0.3) is 16.9 Å². The number of benzene rings is 4. The Bertz CT molecular complexity index is 6420. The molecule has 4 aliphatic heterocycles. The Morgan fingerprint density at radius 2 is 0.672 bits per heavy atom. The molecule has 0 bridgehead atoms. The first kappa shape index (κ1) is 109. The van der Waals surface area contributed by atoms with Crippen LogP contribution in [0.4, 0.5) is 75.4 Å². The molecule has 6 aromatic heterocycles. The topological polar surface area (TPSA) is 430 Å². The summed E-state index contributed by atoms with van der Waals surface area (Å²) in [6.07, 6.45) is 8.54. The number of aryl methyl sites for hydroxylation is 6. The van der Waals surface area contributed by atoms with Crippen LogP contribution in [0.3, 0.4) is 0 Å². The van der Waals surface area contributed by atoms with Gasteiger partial charge in [0, 0.05) is 44.8 Å². The number of pyridine rings is 3. The van der Waals surface area contributed by atoms with E-state index in [1.807, 2.05) is 90.3 Å². The number of carboxylic acids is 1. The maximum atomic E-state index is 13.0. The van der Waals surface area contributed by atoms with Crippen LogP contribution >= 0.6 is 24.8 Å². The van der Waals surface area contributed by atoms with E-state index in [4.69, 9.17) is 26.0 Å². The fraction of sp³-hybridized carbons (Fsp3) is 0.350. The smallest absolute Gasteiger partial charge is 0.477 e. The summed E-state index contributed by atoms with van der Waals surface area (Å²) in [7, 11) is -19.9. The molecule has 54 heteroatoms. The van der Waals surface area contributed by atoms with Crippen LogP contribution in [0, 0.1) is 20.8 Å².